The normalized spacial score (nSPS) is 24.1. The summed E-state index contributed by atoms with van der Waals surface area (Å²) < 4.78 is 4.90. The van der Waals surface area contributed by atoms with E-state index in [2.05, 4.69) is 0 Å². The number of nitrogens with zero attached hydrogens (tertiary/aromatic N) is 1. The van der Waals surface area contributed by atoms with Gasteiger partial charge >= 0.3 is 6.09 Å². The Balaban J connectivity index is 2.44. The number of carboxylic acid groups (broad SMARTS) is 1. The zero-order valence-corrected chi connectivity index (χ0v) is 6.62. The van der Waals surface area contributed by atoms with Crippen LogP contribution in [-0.2, 0) is 4.74 Å². The van der Waals surface area contributed by atoms with Gasteiger partial charge in [-0.2, -0.15) is 0 Å². The molecule has 1 amide bonds. The van der Waals surface area contributed by atoms with Gasteiger partial charge in [-0.3, -0.25) is 0 Å². The van der Waals surface area contributed by atoms with Gasteiger partial charge in [-0.25, -0.2) is 4.79 Å². The van der Waals surface area contributed by atoms with Crippen LogP contribution >= 0.6 is 0 Å². The van der Waals surface area contributed by atoms with Crippen molar-refractivity contribution >= 4 is 6.09 Å². The van der Waals surface area contributed by atoms with Crippen LogP contribution in [0.15, 0.2) is 0 Å². The molecule has 4 heteroatoms. The van der Waals surface area contributed by atoms with Crippen LogP contribution in [0.25, 0.3) is 0 Å². The Kier molecular flexibility index (Phi) is 2.70. The summed E-state index contributed by atoms with van der Waals surface area (Å²) in [5.74, 6) is 0. The predicted molar refractivity (Wildman–Crippen MR) is 39.6 cm³/mol. The van der Waals surface area contributed by atoms with Crippen molar-refractivity contribution in [2.45, 2.75) is 18.9 Å². The topological polar surface area (TPSA) is 49.8 Å². The number of amides is 1. The highest BCUT2D eigenvalue weighted by Gasteiger charge is 2.27. The average molecular weight is 159 g/mol. The molecule has 1 aliphatic heterocycles. The van der Waals surface area contributed by atoms with Crippen molar-refractivity contribution in [1.29, 1.82) is 0 Å². The van der Waals surface area contributed by atoms with Crippen LogP contribution in [0.4, 0.5) is 4.79 Å². The second kappa shape index (κ2) is 3.57. The van der Waals surface area contributed by atoms with Crippen molar-refractivity contribution in [2.24, 2.45) is 0 Å². The molecule has 4 nitrogen and oxygen atoms in total. The van der Waals surface area contributed by atoms with Gasteiger partial charge in [-0.05, 0) is 12.8 Å². The molecule has 0 unspecified atom stereocenters. The lowest BCUT2D eigenvalue weighted by Crippen LogP contribution is -2.36. The number of carbonyl (C=O) groups is 1. The van der Waals surface area contributed by atoms with E-state index in [4.69, 9.17) is 9.84 Å². The summed E-state index contributed by atoms with van der Waals surface area (Å²) in [4.78, 5) is 12.0. The predicted octanol–water partition coefficient (Wildman–Crippen LogP) is 0.775. The standard InChI is InChI=1S/C7H13NO3/c1-11-5-6-3-2-4-8(6)7(9)10/h6H,2-5H2,1H3,(H,9,10)/t6-/m1/s1. The third-order valence-corrected chi connectivity index (χ3v) is 1.98. The molecule has 1 aliphatic rings. The van der Waals surface area contributed by atoms with E-state index in [-0.39, 0.29) is 6.04 Å². The zero-order valence-electron chi connectivity index (χ0n) is 6.62. The van der Waals surface area contributed by atoms with Gasteiger partial charge in [0.2, 0.25) is 0 Å². The van der Waals surface area contributed by atoms with Crippen LogP contribution in [-0.4, -0.2) is 42.4 Å². The Hall–Kier alpha value is -0.770. The molecule has 1 fully saturated rings. The largest absolute Gasteiger partial charge is 0.465 e. The minimum absolute atomic E-state index is 0.0810. The first-order valence-corrected chi connectivity index (χ1v) is 3.74. The molecule has 0 aromatic rings. The summed E-state index contributed by atoms with van der Waals surface area (Å²) >= 11 is 0. The number of rotatable bonds is 2. The van der Waals surface area contributed by atoms with E-state index in [0.29, 0.717) is 13.2 Å². The second-order valence-electron chi connectivity index (χ2n) is 2.73. The van der Waals surface area contributed by atoms with E-state index in [0.717, 1.165) is 12.8 Å². The molecular weight excluding hydrogens is 146 g/mol. The molecule has 1 saturated heterocycles. The summed E-state index contributed by atoms with van der Waals surface area (Å²) in [5, 5.41) is 8.68. The van der Waals surface area contributed by atoms with Gasteiger partial charge in [0.05, 0.1) is 12.6 Å². The van der Waals surface area contributed by atoms with Crippen molar-refractivity contribution < 1.29 is 14.6 Å². The van der Waals surface area contributed by atoms with Gasteiger partial charge < -0.3 is 14.7 Å². The molecule has 0 saturated carbocycles. The average Bonchev–Trinajstić information content (AvgIpc) is 2.36. The maximum Gasteiger partial charge on any atom is 0.407 e. The Morgan fingerprint density at radius 2 is 2.55 bits per heavy atom. The van der Waals surface area contributed by atoms with Gasteiger partial charge in [0.1, 0.15) is 0 Å². The molecule has 64 valence electrons. The molecule has 0 aliphatic carbocycles. The Morgan fingerprint density at radius 1 is 1.82 bits per heavy atom. The molecule has 0 radical (unpaired) electrons. The van der Waals surface area contributed by atoms with Crippen LogP contribution < -0.4 is 0 Å². The van der Waals surface area contributed by atoms with Crippen LogP contribution in [0.1, 0.15) is 12.8 Å². The number of ether oxygens (including phenoxy) is 1. The van der Waals surface area contributed by atoms with Crippen molar-refractivity contribution in [3.05, 3.63) is 0 Å². The van der Waals surface area contributed by atoms with Crippen molar-refractivity contribution in [2.75, 3.05) is 20.3 Å². The molecule has 0 aromatic heterocycles. The lowest BCUT2D eigenvalue weighted by molar-refractivity contribution is 0.0991. The molecule has 1 heterocycles. The van der Waals surface area contributed by atoms with Crippen LogP contribution in [0.2, 0.25) is 0 Å². The fourth-order valence-corrected chi connectivity index (χ4v) is 1.45. The SMILES string of the molecule is COC[C@H]1CCCN1C(=O)O. The zero-order chi connectivity index (χ0) is 8.27. The highest BCUT2D eigenvalue weighted by atomic mass is 16.5. The van der Waals surface area contributed by atoms with Crippen molar-refractivity contribution in [3.63, 3.8) is 0 Å². The fourth-order valence-electron chi connectivity index (χ4n) is 1.45. The van der Waals surface area contributed by atoms with E-state index < -0.39 is 6.09 Å². The highest BCUT2D eigenvalue weighted by molar-refractivity contribution is 5.65. The van der Waals surface area contributed by atoms with Crippen LogP contribution in [0.3, 0.4) is 0 Å². The highest BCUT2D eigenvalue weighted by Crippen LogP contribution is 2.16. The third kappa shape index (κ3) is 1.83. The lowest BCUT2D eigenvalue weighted by atomic mass is 10.2. The monoisotopic (exact) mass is 159 g/mol. The quantitative estimate of drug-likeness (QED) is 0.647. The van der Waals surface area contributed by atoms with Crippen molar-refractivity contribution in [1.82, 2.24) is 4.90 Å². The van der Waals surface area contributed by atoms with Crippen molar-refractivity contribution in [3.8, 4) is 0 Å². The summed E-state index contributed by atoms with van der Waals surface area (Å²) in [5.41, 5.74) is 0. The first-order chi connectivity index (χ1) is 5.25. The minimum Gasteiger partial charge on any atom is -0.465 e. The van der Waals surface area contributed by atoms with E-state index >= 15 is 0 Å². The van der Waals surface area contributed by atoms with E-state index in [1.807, 2.05) is 0 Å². The van der Waals surface area contributed by atoms with Crippen LogP contribution in [0, 0.1) is 0 Å². The smallest absolute Gasteiger partial charge is 0.407 e. The number of hydrogen-bond acceptors (Lipinski definition) is 2. The van der Waals surface area contributed by atoms with Gasteiger partial charge in [0.25, 0.3) is 0 Å². The molecule has 0 bridgehead atoms. The molecule has 0 spiro atoms. The van der Waals surface area contributed by atoms with Gasteiger partial charge in [0.15, 0.2) is 0 Å². The molecular formula is C7H13NO3. The van der Waals surface area contributed by atoms with Gasteiger partial charge in [0, 0.05) is 13.7 Å². The summed E-state index contributed by atoms with van der Waals surface area (Å²) in [7, 11) is 1.60. The minimum atomic E-state index is -0.829. The van der Waals surface area contributed by atoms with E-state index in [1.54, 1.807) is 7.11 Å². The first kappa shape index (κ1) is 8.33. The second-order valence-corrected chi connectivity index (χ2v) is 2.73. The summed E-state index contributed by atoms with van der Waals surface area (Å²) in [6, 6.07) is 0.0810. The number of likely N-dealkylation sites (tertiary alicyclic amines) is 1. The van der Waals surface area contributed by atoms with Gasteiger partial charge in [-0.1, -0.05) is 0 Å². The fraction of sp³-hybridized carbons (Fsp3) is 0.857. The molecule has 1 atom stereocenters. The molecule has 0 aromatic carbocycles. The molecule has 11 heavy (non-hydrogen) atoms. The number of methoxy groups -OCH3 is 1. The lowest BCUT2D eigenvalue weighted by Gasteiger charge is -2.20. The molecule has 1 N–H and O–H groups in total. The summed E-state index contributed by atoms with van der Waals surface area (Å²) in [6.07, 6.45) is 1.06. The Bertz CT molecular complexity index is 149. The Morgan fingerprint density at radius 3 is 3.09 bits per heavy atom. The van der Waals surface area contributed by atoms with Gasteiger partial charge in [-0.15, -0.1) is 0 Å². The van der Waals surface area contributed by atoms with E-state index in [1.165, 1.54) is 4.90 Å². The summed E-state index contributed by atoms with van der Waals surface area (Å²) in [6.45, 7) is 1.18. The maximum absolute atomic E-state index is 10.6. The van der Waals surface area contributed by atoms with Crippen LogP contribution in [0.5, 0.6) is 0 Å². The van der Waals surface area contributed by atoms with E-state index in [9.17, 15) is 4.79 Å². The molecule has 1 rings (SSSR count). The maximum atomic E-state index is 10.6. The number of hydrogen-bond donors (Lipinski definition) is 1. The Labute approximate surface area is 65.8 Å². The third-order valence-electron chi connectivity index (χ3n) is 1.98. The first-order valence-electron chi connectivity index (χ1n) is 3.74.